The van der Waals surface area contributed by atoms with E-state index in [2.05, 4.69) is 38.0 Å². The molecule has 0 aromatic carbocycles. The molecule has 0 saturated carbocycles. The van der Waals surface area contributed by atoms with Gasteiger partial charge in [-0.25, -0.2) is 0 Å². The zero-order valence-corrected chi connectivity index (χ0v) is 12.6. The fourth-order valence-corrected chi connectivity index (χ4v) is 1.92. The molecular weight excluding hydrogens is 224 g/mol. The minimum atomic E-state index is 0.375. The summed E-state index contributed by atoms with van der Waals surface area (Å²) in [5.74, 6) is 0.956. The van der Waals surface area contributed by atoms with Crippen molar-refractivity contribution in [3.05, 3.63) is 23.0 Å². The molecule has 1 aromatic rings. The third kappa shape index (κ3) is 4.30. The van der Waals surface area contributed by atoms with E-state index >= 15 is 0 Å². The first-order chi connectivity index (χ1) is 8.35. The largest absolute Gasteiger partial charge is 0.496 e. The van der Waals surface area contributed by atoms with Gasteiger partial charge in [-0.05, 0) is 32.2 Å². The average molecular weight is 250 g/mol. The van der Waals surface area contributed by atoms with Gasteiger partial charge < -0.3 is 10.1 Å². The standard InChI is InChI=1S/C15H26N2O/c1-11-9-17-13(12(2)14(11)18-6)10-16-8-7-15(3,4)5/h9,16H,7-8,10H2,1-6H3. The van der Waals surface area contributed by atoms with Crippen molar-refractivity contribution in [2.45, 2.75) is 47.6 Å². The van der Waals surface area contributed by atoms with Crippen LogP contribution < -0.4 is 10.1 Å². The van der Waals surface area contributed by atoms with Gasteiger partial charge in [0.25, 0.3) is 0 Å². The van der Waals surface area contributed by atoms with Gasteiger partial charge in [-0.1, -0.05) is 20.8 Å². The van der Waals surface area contributed by atoms with Crippen LogP contribution in [0.4, 0.5) is 0 Å². The van der Waals surface area contributed by atoms with E-state index in [4.69, 9.17) is 4.74 Å². The van der Waals surface area contributed by atoms with Crippen LogP contribution >= 0.6 is 0 Å². The lowest BCUT2D eigenvalue weighted by molar-refractivity contribution is 0.365. The summed E-state index contributed by atoms with van der Waals surface area (Å²) in [6.07, 6.45) is 3.04. The van der Waals surface area contributed by atoms with E-state index in [9.17, 15) is 0 Å². The average Bonchev–Trinajstić information content (AvgIpc) is 2.26. The molecule has 0 unspecified atom stereocenters. The van der Waals surface area contributed by atoms with E-state index in [-0.39, 0.29) is 0 Å². The molecule has 1 N–H and O–H groups in total. The quantitative estimate of drug-likeness (QED) is 0.815. The minimum Gasteiger partial charge on any atom is -0.496 e. The maximum atomic E-state index is 5.41. The molecule has 3 heteroatoms. The van der Waals surface area contributed by atoms with Gasteiger partial charge in [0, 0.05) is 23.9 Å². The molecule has 0 bridgehead atoms. The van der Waals surface area contributed by atoms with Crippen molar-refractivity contribution in [3.8, 4) is 5.75 Å². The molecule has 0 amide bonds. The first kappa shape index (κ1) is 15.0. The van der Waals surface area contributed by atoms with Crippen LogP contribution in [0.25, 0.3) is 0 Å². The Morgan fingerprint density at radius 3 is 2.50 bits per heavy atom. The molecular formula is C15H26N2O. The summed E-state index contributed by atoms with van der Waals surface area (Å²) < 4.78 is 5.41. The van der Waals surface area contributed by atoms with Crippen molar-refractivity contribution >= 4 is 0 Å². The number of rotatable bonds is 5. The molecule has 0 aliphatic rings. The van der Waals surface area contributed by atoms with E-state index < -0.39 is 0 Å². The number of nitrogens with zero attached hydrogens (tertiary/aromatic N) is 1. The second kappa shape index (κ2) is 6.19. The van der Waals surface area contributed by atoms with Gasteiger partial charge in [0.15, 0.2) is 0 Å². The van der Waals surface area contributed by atoms with E-state index in [1.807, 2.05) is 13.1 Å². The van der Waals surface area contributed by atoms with Crippen molar-refractivity contribution in [1.29, 1.82) is 0 Å². The van der Waals surface area contributed by atoms with Crippen LogP contribution in [-0.2, 0) is 6.54 Å². The summed E-state index contributed by atoms with van der Waals surface area (Å²) in [6.45, 7) is 12.7. The van der Waals surface area contributed by atoms with Gasteiger partial charge in [-0.3, -0.25) is 4.98 Å². The summed E-state index contributed by atoms with van der Waals surface area (Å²) in [7, 11) is 1.71. The molecule has 3 nitrogen and oxygen atoms in total. The highest BCUT2D eigenvalue weighted by atomic mass is 16.5. The third-order valence-electron chi connectivity index (χ3n) is 3.09. The molecule has 1 heterocycles. The molecule has 0 spiro atoms. The number of hydrogen-bond donors (Lipinski definition) is 1. The summed E-state index contributed by atoms with van der Waals surface area (Å²) in [5.41, 5.74) is 3.68. The fraction of sp³-hybridized carbons (Fsp3) is 0.667. The van der Waals surface area contributed by atoms with Crippen molar-refractivity contribution in [1.82, 2.24) is 10.3 Å². The first-order valence-electron chi connectivity index (χ1n) is 6.55. The van der Waals surface area contributed by atoms with E-state index in [1.54, 1.807) is 7.11 Å². The highest BCUT2D eigenvalue weighted by molar-refractivity contribution is 5.40. The summed E-state index contributed by atoms with van der Waals surface area (Å²) >= 11 is 0. The third-order valence-corrected chi connectivity index (χ3v) is 3.09. The Hall–Kier alpha value is -1.09. The fourth-order valence-electron chi connectivity index (χ4n) is 1.92. The monoisotopic (exact) mass is 250 g/mol. The second-order valence-electron chi connectivity index (χ2n) is 6.03. The molecule has 0 aliphatic carbocycles. The SMILES string of the molecule is COc1c(C)cnc(CNCCC(C)(C)C)c1C. The van der Waals surface area contributed by atoms with Gasteiger partial charge in [0.1, 0.15) is 5.75 Å². The van der Waals surface area contributed by atoms with Crippen LogP contribution in [0.15, 0.2) is 6.20 Å². The molecule has 0 aliphatic heterocycles. The lowest BCUT2D eigenvalue weighted by Gasteiger charge is -2.18. The summed E-state index contributed by atoms with van der Waals surface area (Å²) in [4.78, 5) is 4.48. The second-order valence-corrected chi connectivity index (χ2v) is 6.03. The van der Waals surface area contributed by atoms with E-state index in [0.29, 0.717) is 5.41 Å². The predicted molar refractivity (Wildman–Crippen MR) is 76.0 cm³/mol. The van der Waals surface area contributed by atoms with Gasteiger partial charge in [0.2, 0.25) is 0 Å². The number of pyridine rings is 1. The van der Waals surface area contributed by atoms with Crippen molar-refractivity contribution in [2.24, 2.45) is 5.41 Å². The molecule has 0 radical (unpaired) electrons. The highest BCUT2D eigenvalue weighted by Gasteiger charge is 2.11. The Kier molecular flexibility index (Phi) is 5.15. The number of methoxy groups -OCH3 is 1. The van der Waals surface area contributed by atoms with Crippen LogP contribution in [0.1, 0.15) is 44.0 Å². The Morgan fingerprint density at radius 2 is 1.94 bits per heavy atom. The molecule has 102 valence electrons. The number of nitrogens with one attached hydrogen (secondary N) is 1. The van der Waals surface area contributed by atoms with Crippen molar-refractivity contribution in [3.63, 3.8) is 0 Å². The maximum absolute atomic E-state index is 5.41. The topological polar surface area (TPSA) is 34.1 Å². The number of hydrogen-bond acceptors (Lipinski definition) is 3. The number of aryl methyl sites for hydroxylation is 1. The van der Waals surface area contributed by atoms with E-state index in [0.717, 1.165) is 42.1 Å². The van der Waals surface area contributed by atoms with E-state index in [1.165, 1.54) is 0 Å². The minimum absolute atomic E-state index is 0.375. The summed E-state index contributed by atoms with van der Waals surface area (Å²) in [6, 6.07) is 0. The lowest BCUT2D eigenvalue weighted by Crippen LogP contribution is -2.21. The molecule has 0 atom stereocenters. The Balaban J connectivity index is 2.58. The molecule has 18 heavy (non-hydrogen) atoms. The zero-order valence-electron chi connectivity index (χ0n) is 12.6. The number of ether oxygens (including phenoxy) is 1. The Morgan fingerprint density at radius 1 is 1.28 bits per heavy atom. The normalized spacial score (nSPS) is 11.7. The Bertz CT molecular complexity index is 394. The van der Waals surface area contributed by atoms with Gasteiger partial charge in [-0.15, -0.1) is 0 Å². The molecule has 0 fully saturated rings. The van der Waals surface area contributed by atoms with Gasteiger partial charge >= 0.3 is 0 Å². The smallest absolute Gasteiger partial charge is 0.128 e. The van der Waals surface area contributed by atoms with Crippen molar-refractivity contribution < 1.29 is 4.74 Å². The van der Waals surface area contributed by atoms with Crippen LogP contribution in [0.2, 0.25) is 0 Å². The van der Waals surface area contributed by atoms with Crippen LogP contribution in [0.3, 0.4) is 0 Å². The first-order valence-corrected chi connectivity index (χ1v) is 6.55. The highest BCUT2D eigenvalue weighted by Crippen LogP contribution is 2.24. The van der Waals surface area contributed by atoms with Crippen LogP contribution in [0, 0.1) is 19.3 Å². The predicted octanol–water partition coefficient (Wildman–Crippen LogP) is 3.23. The Labute approximate surface area is 111 Å². The van der Waals surface area contributed by atoms with Gasteiger partial charge in [0.05, 0.1) is 12.8 Å². The van der Waals surface area contributed by atoms with Crippen LogP contribution in [-0.4, -0.2) is 18.6 Å². The maximum Gasteiger partial charge on any atom is 0.128 e. The van der Waals surface area contributed by atoms with Gasteiger partial charge in [-0.2, -0.15) is 0 Å². The number of aromatic nitrogens is 1. The van der Waals surface area contributed by atoms with Crippen LogP contribution in [0.5, 0.6) is 5.75 Å². The lowest BCUT2D eigenvalue weighted by atomic mass is 9.92. The zero-order chi connectivity index (χ0) is 13.8. The molecule has 1 rings (SSSR count). The summed E-state index contributed by atoms with van der Waals surface area (Å²) in [5, 5.41) is 3.45. The van der Waals surface area contributed by atoms with Crippen molar-refractivity contribution in [2.75, 3.05) is 13.7 Å². The molecule has 1 aromatic heterocycles. The molecule has 0 saturated heterocycles.